The summed E-state index contributed by atoms with van der Waals surface area (Å²) >= 11 is 0. The number of primary amides is 1. The minimum Gasteiger partial charge on any atom is -0.366 e. The number of carbonyl (C=O) groups is 1. The molecule has 0 spiro atoms. The fourth-order valence-electron chi connectivity index (χ4n) is 3.55. The topological polar surface area (TPSA) is 75.0 Å². The summed E-state index contributed by atoms with van der Waals surface area (Å²) in [5, 5.41) is 0.602. The van der Waals surface area contributed by atoms with Crippen molar-refractivity contribution in [2.75, 3.05) is 13.1 Å². The Kier molecular flexibility index (Phi) is 3.97. The Bertz CT molecular complexity index is 944. The number of halogens is 1. The number of nitrogens with two attached hydrogens (primary N) is 1. The summed E-state index contributed by atoms with van der Waals surface area (Å²) in [5.41, 5.74) is 8.10. The number of rotatable bonds is 4. The molecule has 128 valence electrons. The van der Waals surface area contributed by atoms with E-state index in [9.17, 15) is 9.18 Å². The average Bonchev–Trinajstić information content (AvgIpc) is 3.25. The second-order valence-electron chi connectivity index (χ2n) is 6.45. The van der Waals surface area contributed by atoms with E-state index in [1.54, 1.807) is 24.4 Å². The van der Waals surface area contributed by atoms with Crippen LogP contribution in [0.5, 0.6) is 0 Å². The molecule has 3 aromatic rings. The van der Waals surface area contributed by atoms with Gasteiger partial charge in [0, 0.05) is 35.5 Å². The zero-order valence-corrected chi connectivity index (χ0v) is 13.8. The zero-order valence-electron chi connectivity index (χ0n) is 13.8. The average molecular weight is 338 g/mol. The van der Waals surface area contributed by atoms with E-state index in [0.717, 1.165) is 25.2 Å². The van der Waals surface area contributed by atoms with Crippen LogP contribution in [0.2, 0.25) is 0 Å². The molecule has 0 atom stereocenters. The number of amides is 1. The van der Waals surface area contributed by atoms with Gasteiger partial charge in [-0.25, -0.2) is 9.37 Å². The molecular formula is C19H19FN4O. The number of likely N-dealkylation sites (tertiary alicyclic amines) is 1. The third kappa shape index (κ3) is 2.89. The van der Waals surface area contributed by atoms with Crippen molar-refractivity contribution in [2.24, 2.45) is 5.73 Å². The van der Waals surface area contributed by atoms with E-state index in [2.05, 4.69) is 14.9 Å². The van der Waals surface area contributed by atoms with Gasteiger partial charge in [0.25, 0.3) is 0 Å². The molecule has 1 aromatic carbocycles. The summed E-state index contributed by atoms with van der Waals surface area (Å²) < 4.78 is 14.8. The number of nitrogens with zero attached hydrogens (tertiary/aromatic N) is 2. The predicted molar refractivity (Wildman–Crippen MR) is 94.5 cm³/mol. The molecule has 5 nitrogen and oxygen atoms in total. The molecule has 1 fully saturated rings. The van der Waals surface area contributed by atoms with Crippen molar-refractivity contribution in [1.82, 2.24) is 14.9 Å². The van der Waals surface area contributed by atoms with Crippen LogP contribution in [0.3, 0.4) is 0 Å². The van der Waals surface area contributed by atoms with Gasteiger partial charge in [0.15, 0.2) is 0 Å². The minimum absolute atomic E-state index is 0.289. The van der Waals surface area contributed by atoms with E-state index < -0.39 is 5.91 Å². The van der Waals surface area contributed by atoms with Gasteiger partial charge in [-0.3, -0.25) is 9.69 Å². The summed E-state index contributed by atoms with van der Waals surface area (Å²) in [7, 11) is 0. The maximum Gasteiger partial charge on any atom is 0.250 e. The van der Waals surface area contributed by atoms with E-state index >= 15 is 0 Å². The Morgan fingerprint density at radius 1 is 1.24 bits per heavy atom. The lowest BCUT2D eigenvalue weighted by Crippen LogP contribution is -2.18. The van der Waals surface area contributed by atoms with Crippen molar-refractivity contribution < 1.29 is 9.18 Å². The van der Waals surface area contributed by atoms with Crippen molar-refractivity contribution in [3.05, 3.63) is 53.6 Å². The van der Waals surface area contributed by atoms with Crippen LogP contribution in [0, 0.1) is 5.82 Å². The summed E-state index contributed by atoms with van der Waals surface area (Å²) in [6.07, 6.45) is 5.58. The first kappa shape index (κ1) is 15.8. The first-order valence-corrected chi connectivity index (χ1v) is 8.40. The third-order valence-electron chi connectivity index (χ3n) is 4.76. The van der Waals surface area contributed by atoms with Gasteiger partial charge in [-0.15, -0.1) is 0 Å². The van der Waals surface area contributed by atoms with Crippen LogP contribution < -0.4 is 5.73 Å². The highest BCUT2D eigenvalue weighted by atomic mass is 19.1. The quantitative estimate of drug-likeness (QED) is 0.768. The van der Waals surface area contributed by atoms with Crippen LogP contribution in [0.4, 0.5) is 4.39 Å². The van der Waals surface area contributed by atoms with Crippen molar-refractivity contribution in [3.63, 3.8) is 0 Å². The van der Waals surface area contributed by atoms with Crippen molar-refractivity contribution in [3.8, 4) is 11.1 Å². The number of hydrogen-bond donors (Lipinski definition) is 2. The molecule has 1 aliphatic heterocycles. The van der Waals surface area contributed by atoms with Crippen LogP contribution in [-0.4, -0.2) is 33.9 Å². The maximum atomic E-state index is 14.8. The van der Waals surface area contributed by atoms with Gasteiger partial charge < -0.3 is 10.7 Å². The largest absolute Gasteiger partial charge is 0.366 e. The fourth-order valence-corrected chi connectivity index (χ4v) is 3.55. The first-order chi connectivity index (χ1) is 12.1. The molecule has 6 heteroatoms. The molecular weight excluding hydrogens is 319 g/mol. The summed E-state index contributed by atoms with van der Waals surface area (Å²) in [6, 6.07) is 6.89. The number of carbonyl (C=O) groups excluding carboxylic acids is 1. The van der Waals surface area contributed by atoms with Gasteiger partial charge in [-0.05, 0) is 43.6 Å². The highest BCUT2D eigenvalue weighted by molar-refractivity contribution is 6.10. The van der Waals surface area contributed by atoms with E-state index in [4.69, 9.17) is 5.73 Å². The predicted octanol–water partition coefficient (Wildman–Crippen LogP) is 3.06. The monoisotopic (exact) mass is 338 g/mol. The number of aromatic amines is 1. The van der Waals surface area contributed by atoms with Gasteiger partial charge in [-0.2, -0.15) is 0 Å². The molecule has 4 rings (SSSR count). The molecule has 1 amide bonds. The Morgan fingerprint density at radius 2 is 2.04 bits per heavy atom. The van der Waals surface area contributed by atoms with Gasteiger partial charge >= 0.3 is 0 Å². The van der Waals surface area contributed by atoms with Crippen molar-refractivity contribution in [2.45, 2.75) is 19.4 Å². The standard InChI is InChI=1S/C19H19FN4O/c20-16-9-12(11-24-7-1-2-8-24)3-4-13(16)15-10-23-19-14(5-6-22-19)17(15)18(21)25/h3-6,9-10H,1-2,7-8,11H2,(H2,21,25)(H,22,23). The second kappa shape index (κ2) is 6.29. The van der Waals surface area contributed by atoms with E-state index in [0.29, 0.717) is 22.2 Å². The van der Waals surface area contributed by atoms with Gasteiger partial charge in [0.2, 0.25) is 5.91 Å². The van der Waals surface area contributed by atoms with E-state index in [1.165, 1.54) is 19.0 Å². The zero-order chi connectivity index (χ0) is 17.4. The summed E-state index contributed by atoms with van der Waals surface area (Å²) in [4.78, 5) is 21.5. The molecule has 1 aliphatic rings. The molecule has 2 aromatic heterocycles. The molecule has 3 N–H and O–H groups in total. The number of aromatic nitrogens is 2. The van der Waals surface area contributed by atoms with E-state index in [-0.39, 0.29) is 11.4 Å². The Morgan fingerprint density at radius 3 is 2.76 bits per heavy atom. The van der Waals surface area contributed by atoms with Gasteiger partial charge in [-0.1, -0.05) is 12.1 Å². The number of H-pyrrole nitrogens is 1. The lowest BCUT2D eigenvalue weighted by Gasteiger charge is -2.15. The molecule has 0 unspecified atom stereocenters. The fraction of sp³-hybridized carbons (Fsp3) is 0.263. The number of nitrogens with one attached hydrogen (secondary N) is 1. The minimum atomic E-state index is -0.595. The first-order valence-electron chi connectivity index (χ1n) is 8.40. The molecule has 25 heavy (non-hydrogen) atoms. The van der Waals surface area contributed by atoms with Crippen LogP contribution in [0.25, 0.3) is 22.2 Å². The normalized spacial score (nSPS) is 15.1. The lowest BCUT2D eigenvalue weighted by molar-refractivity contribution is 0.100. The van der Waals surface area contributed by atoms with Gasteiger partial charge in [0.05, 0.1) is 5.56 Å². The van der Waals surface area contributed by atoms with Crippen molar-refractivity contribution in [1.29, 1.82) is 0 Å². The lowest BCUT2D eigenvalue weighted by atomic mass is 9.97. The maximum absolute atomic E-state index is 14.8. The Hall–Kier alpha value is -2.73. The number of benzene rings is 1. The summed E-state index contributed by atoms with van der Waals surface area (Å²) in [5.74, 6) is -0.960. The molecule has 0 radical (unpaired) electrons. The van der Waals surface area contributed by atoms with Crippen LogP contribution in [-0.2, 0) is 6.54 Å². The molecule has 0 bridgehead atoms. The molecule has 0 aliphatic carbocycles. The SMILES string of the molecule is NC(=O)c1c(-c2ccc(CN3CCCC3)cc2F)cnc2[nH]ccc12. The molecule has 1 saturated heterocycles. The summed E-state index contributed by atoms with van der Waals surface area (Å²) in [6.45, 7) is 2.86. The smallest absolute Gasteiger partial charge is 0.250 e. The second-order valence-corrected chi connectivity index (χ2v) is 6.45. The number of fused-ring (bicyclic) bond motifs is 1. The van der Waals surface area contributed by atoms with Crippen LogP contribution in [0.15, 0.2) is 36.7 Å². The highest BCUT2D eigenvalue weighted by Gasteiger charge is 2.19. The molecule has 3 heterocycles. The Labute approximate surface area is 144 Å². The molecule has 0 saturated carbocycles. The highest BCUT2D eigenvalue weighted by Crippen LogP contribution is 2.31. The van der Waals surface area contributed by atoms with Gasteiger partial charge in [0.1, 0.15) is 11.5 Å². The van der Waals surface area contributed by atoms with Crippen LogP contribution in [0.1, 0.15) is 28.8 Å². The van der Waals surface area contributed by atoms with Crippen molar-refractivity contribution >= 4 is 16.9 Å². The number of pyridine rings is 1. The Balaban J connectivity index is 1.75. The third-order valence-corrected chi connectivity index (χ3v) is 4.76. The van der Waals surface area contributed by atoms with Crippen LogP contribution >= 0.6 is 0 Å². The number of hydrogen-bond acceptors (Lipinski definition) is 3. The van der Waals surface area contributed by atoms with E-state index in [1.807, 2.05) is 6.07 Å².